The number of nitrogens with zero attached hydrogens (tertiary/aromatic N) is 1. The minimum Gasteiger partial charge on any atom is -0.465 e. The summed E-state index contributed by atoms with van der Waals surface area (Å²) >= 11 is 0. The third-order valence-electron chi connectivity index (χ3n) is 4.03. The second kappa shape index (κ2) is 7.37. The normalized spacial score (nSPS) is 11.8. The van der Waals surface area contributed by atoms with Crippen molar-refractivity contribution in [2.75, 3.05) is 13.6 Å². The van der Waals surface area contributed by atoms with E-state index in [2.05, 4.69) is 10.3 Å². The van der Waals surface area contributed by atoms with E-state index in [9.17, 15) is 18.0 Å². The molecule has 2 N–H and O–H groups in total. The molecule has 1 amide bonds. The van der Waals surface area contributed by atoms with E-state index in [4.69, 9.17) is 4.42 Å². The summed E-state index contributed by atoms with van der Waals surface area (Å²) < 4.78 is 31.8. The van der Waals surface area contributed by atoms with Crippen LogP contribution in [-0.2, 0) is 21.4 Å². The molecule has 27 heavy (non-hydrogen) atoms. The lowest BCUT2D eigenvalue weighted by Crippen LogP contribution is -2.38. The van der Waals surface area contributed by atoms with Crippen molar-refractivity contribution >= 4 is 26.8 Å². The molecule has 0 saturated carbocycles. The quantitative estimate of drug-likeness (QED) is 0.661. The van der Waals surface area contributed by atoms with Crippen LogP contribution in [0, 0.1) is 6.92 Å². The minimum absolute atomic E-state index is 0.0407. The number of pyridine rings is 1. The van der Waals surface area contributed by atoms with E-state index in [1.54, 1.807) is 25.1 Å². The van der Waals surface area contributed by atoms with Gasteiger partial charge >= 0.3 is 0 Å². The molecular formula is C18H19N3O5S. The summed E-state index contributed by atoms with van der Waals surface area (Å²) in [6.07, 6.45) is 0. The third kappa shape index (κ3) is 4.26. The SMILES string of the molecule is Cc1ccc(CNC(=O)CN(C)S(=O)(=O)c2ccc3[nH]c(=O)ccc3c2)o1. The van der Waals surface area contributed by atoms with Crippen LogP contribution in [0.2, 0.25) is 0 Å². The molecule has 0 fully saturated rings. The fourth-order valence-electron chi connectivity index (χ4n) is 2.58. The molecule has 0 unspecified atom stereocenters. The molecule has 1 aromatic carbocycles. The average Bonchev–Trinajstić information content (AvgIpc) is 3.04. The summed E-state index contributed by atoms with van der Waals surface area (Å²) in [5.74, 6) is 0.881. The van der Waals surface area contributed by atoms with Gasteiger partial charge in [-0.25, -0.2) is 8.42 Å². The Balaban J connectivity index is 1.70. The summed E-state index contributed by atoms with van der Waals surface area (Å²) in [6.45, 7) is 1.65. The minimum atomic E-state index is -3.86. The first-order valence-corrected chi connectivity index (χ1v) is 9.61. The van der Waals surface area contributed by atoms with Crippen LogP contribution in [0.25, 0.3) is 10.9 Å². The maximum Gasteiger partial charge on any atom is 0.248 e. The molecule has 0 bridgehead atoms. The zero-order chi connectivity index (χ0) is 19.6. The van der Waals surface area contributed by atoms with Gasteiger partial charge < -0.3 is 14.7 Å². The van der Waals surface area contributed by atoms with Gasteiger partial charge in [-0.2, -0.15) is 4.31 Å². The van der Waals surface area contributed by atoms with E-state index in [0.29, 0.717) is 16.7 Å². The van der Waals surface area contributed by atoms with Crippen molar-refractivity contribution in [1.82, 2.24) is 14.6 Å². The molecule has 3 rings (SSSR count). The van der Waals surface area contributed by atoms with Gasteiger partial charge in [-0.05, 0) is 48.7 Å². The Bertz CT molecular complexity index is 1150. The lowest BCUT2D eigenvalue weighted by atomic mass is 10.2. The number of hydrogen-bond acceptors (Lipinski definition) is 5. The molecular weight excluding hydrogens is 370 g/mol. The summed E-state index contributed by atoms with van der Waals surface area (Å²) in [7, 11) is -2.52. The first-order valence-electron chi connectivity index (χ1n) is 8.17. The monoisotopic (exact) mass is 389 g/mol. The van der Waals surface area contributed by atoms with Gasteiger partial charge in [-0.3, -0.25) is 9.59 Å². The van der Waals surface area contributed by atoms with Crippen LogP contribution in [0.5, 0.6) is 0 Å². The zero-order valence-electron chi connectivity index (χ0n) is 14.9. The number of rotatable bonds is 6. The van der Waals surface area contributed by atoms with Crippen molar-refractivity contribution in [1.29, 1.82) is 0 Å². The number of aromatic nitrogens is 1. The number of benzene rings is 1. The summed E-state index contributed by atoms with van der Waals surface area (Å²) in [5.41, 5.74) is 0.272. The Labute approximate surface area is 155 Å². The molecule has 0 radical (unpaired) electrons. The highest BCUT2D eigenvalue weighted by Gasteiger charge is 2.23. The molecule has 3 aromatic rings. The number of fused-ring (bicyclic) bond motifs is 1. The molecule has 9 heteroatoms. The van der Waals surface area contributed by atoms with Gasteiger partial charge in [0, 0.05) is 18.6 Å². The van der Waals surface area contributed by atoms with E-state index in [0.717, 1.165) is 10.1 Å². The van der Waals surface area contributed by atoms with Gasteiger partial charge in [-0.15, -0.1) is 0 Å². The second-order valence-electron chi connectivity index (χ2n) is 6.12. The predicted molar refractivity (Wildman–Crippen MR) is 99.7 cm³/mol. The number of likely N-dealkylation sites (N-methyl/N-ethyl adjacent to an activating group) is 1. The van der Waals surface area contributed by atoms with Gasteiger partial charge in [0.2, 0.25) is 21.5 Å². The molecule has 0 saturated heterocycles. The Morgan fingerprint density at radius 1 is 1.19 bits per heavy atom. The largest absolute Gasteiger partial charge is 0.465 e. The Morgan fingerprint density at radius 2 is 1.96 bits per heavy atom. The van der Waals surface area contributed by atoms with Gasteiger partial charge in [-0.1, -0.05) is 0 Å². The molecule has 0 aliphatic heterocycles. The number of carbonyl (C=O) groups is 1. The molecule has 2 aromatic heterocycles. The number of H-pyrrole nitrogens is 1. The highest BCUT2D eigenvalue weighted by molar-refractivity contribution is 7.89. The standard InChI is InChI=1S/C18H19N3O5S/c1-12-3-5-14(26-12)10-19-18(23)11-21(2)27(24,25)15-6-7-16-13(9-15)4-8-17(22)20-16/h3-9H,10-11H2,1-2H3,(H,19,23)(H,20,22). The Kier molecular flexibility index (Phi) is 5.15. The third-order valence-corrected chi connectivity index (χ3v) is 5.82. The topological polar surface area (TPSA) is 112 Å². The fraction of sp³-hybridized carbons (Fsp3) is 0.222. The number of carbonyl (C=O) groups excluding carboxylic acids is 1. The lowest BCUT2D eigenvalue weighted by molar-refractivity contribution is -0.121. The fourth-order valence-corrected chi connectivity index (χ4v) is 3.74. The number of aromatic amines is 1. The second-order valence-corrected chi connectivity index (χ2v) is 8.17. The van der Waals surface area contributed by atoms with Gasteiger partial charge in [0.05, 0.1) is 18.0 Å². The highest BCUT2D eigenvalue weighted by atomic mass is 32.2. The van der Waals surface area contributed by atoms with Crippen molar-refractivity contribution in [2.45, 2.75) is 18.4 Å². The van der Waals surface area contributed by atoms with Gasteiger partial charge in [0.25, 0.3) is 0 Å². The maximum atomic E-state index is 12.7. The smallest absolute Gasteiger partial charge is 0.248 e. The van der Waals surface area contributed by atoms with E-state index in [1.165, 1.54) is 31.3 Å². The number of amides is 1. The van der Waals surface area contributed by atoms with Crippen molar-refractivity contribution in [2.24, 2.45) is 0 Å². The van der Waals surface area contributed by atoms with E-state index < -0.39 is 15.9 Å². The molecule has 0 aliphatic rings. The van der Waals surface area contributed by atoms with Crippen molar-refractivity contribution in [3.63, 3.8) is 0 Å². The summed E-state index contributed by atoms with van der Waals surface area (Å²) in [6, 6.07) is 10.8. The van der Waals surface area contributed by atoms with Crippen molar-refractivity contribution in [3.8, 4) is 0 Å². The lowest BCUT2D eigenvalue weighted by Gasteiger charge is -2.17. The van der Waals surface area contributed by atoms with Crippen LogP contribution in [-0.4, -0.2) is 37.2 Å². The van der Waals surface area contributed by atoms with Crippen molar-refractivity contribution in [3.05, 3.63) is 64.3 Å². The van der Waals surface area contributed by atoms with Gasteiger partial charge in [0.15, 0.2) is 0 Å². The van der Waals surface area contributed by atoms with Crippen molar-refractivity contribution < 1.29 is 17.6 Å². The van der Waals surface area contributed by atoms with E-state index in [-0.39, 0.29) is 23.5 Å². The maximum absolute atomic E-state index is 12.7. The van der Waals surface area contributed by atoms with Crippen LogP contribution >= 0.6 is 0 Å². The highest BCUT2D eigenvalue weighted by Crippen LogP contribution is 2.19. The van der Waals surface area contributed by atoms with E-state index in [1.807, 2.05) is 0 Å². The Morgan fingerprint density at radius 3 is 2.67 bits per heavy atom. The molecule has 0 spiro atoms. The Hall–Kier alpha value is -2.91. The zero-order valence-corrected chi connectivity index (χ0v) is 15.7. The summed E-state index contributed by atoms with van der Waals surface area (Å²) in [5, 5.41) is 3.21. The molecule has 0 atom stereocenters. The number of sulfonamides is 1. The summed E-state index contributed by atoms with van der Waals surface area (Å²) in [4.78, 5) is 26.1. The number of hydrogen-bond donors (Lipinski definition) is 2. The van der Waals surface area contributed by atoms with Crippen LogP contribution in [0.1, 0.15) is 11.5 Å². The molecule has 8 nitrogen and oxygen atoms in total. The number of nitrogens with one attached hydrogen (secondary N) is 2. The molecule has 142 valence electrons. The number of furan rings is 1. The molecule has 0 aliphatic carbocycles. The van der Waals surface area contributed by atoms with Gasteiger partial charge in [0.1, 0.15) is 11.5 Å². The predicted octanol–water partition coefficient (Wildman–Crippen LogP) is 1.37. The van der Waals surface area contributed by atoms with E-state index >= 15 is 0 Å². The van der Waals surface area contributed by atoms with Crippen LogP contribution in [0.15, 0.2) is 56.6 Å². The first-order chi connectivity index (χ1) is 12.8. The first kappa shape index (κ1) is 18.9. The van der Waals surface area contributed by atoms with Crippen LogP contribution in [0.3, 0.4) is 0 Å². The average molecular weight is 389 g/mol. The van der Waals surface area contributed by atoms with Crippen LogP contribution < -0.4 is 10.9 Å². The molecule has 2 heterocycles. The number of aryl methyl sites for hydroxylation is 1. The van der Waals surface area contributed by atoms with Crippen LogP contribution in [0.4, 0.5) is 0 Å².